The van der Waals surface area contributed by atoms with Crippen LogP contribution in [0.15, 0.2) is 30.5 Å². The van der Waals surface area contributed by atoms with Crippen LogP contribution in [0.3, 0.4) is 0 Å². The minimum Gasteiger partial charge on any atom is -0.493 e. The van der Waals surface area contributed by atoms with Gasteiger partial charge in [0.1, 0.15) is 5.75 Å². The summed E-state index contributed by atoms with van der Waals surface area (Å²) < 4.78 is 7.59. The Bertz CT molecular complexity index is 588. The SMILES string of the molecule is CC(=O)c1ccc(OCCc2ccnn2C)c(C)c1. The fourth-order valence-electron chi connectivity index (χ4n) is 1.94. The lowest BCUT2D eigenvalue weighted by atomic mass is 10.1. The summed E-state index contributed by atoms with van der Waals surface area (Å²) >= 11 is 0. The molecule has 0 saturated carbocycles. The number of Topliss-reactive ketones (excluding diaryl/α,β-unsaturated/α-hetero) is 1. The first kappa shape index (κ1) is 13.3. The number of hydrogen-bond acceptors (Lipinski definition) is 3. The van der Waals surface area contributed by atoms with E-state index in [1.54, 1.807) is 19.2 Å². The van der Waals surface area contributed by atoms with E-state index in [1.807, 2.05) is 36.9 Å². The molecule has 1 aromatic carbocycles. The Hall–Kier alpha value is -2.10. The van der Waals surface area contributed by atoms with Gasteiger partial charge in [0.25, 0.3) is 0 Å². The minimum absolute atomic E-state index is 0.0736. The summed E-state index contributed by atoms with van der Waals surface area (Å²) in [6.45, 7) is 4.11. The molecule has 1 aromatic heterocycles. The van der Waals surface area contributed by atoms with Crippen LogP contribution >= 0.6 is 0 Å². The van der Waals surface area contributed by atoms with Gasteiger partial charge in [0.15, 0.2) is 5.78 Å². The molecular formula is C15H18N2O2. The van der Waals surface area contributed by atoms with E-state index in [1.165, 1.54) is 0 Å². The van der Waals surface area contributed by atoms with E-state index in [-0.39, 0.29) is 5.78 Å². The highest BCUT2D eigenvalue weighted by atomic mass is 16.5. The largest absolute Gasteiger partial charge is 0.493 e. The van der Waals surface area contributed by atoms with Gasteiger partial charge in [0.05, 0.1) is 6.61 Å². The van der Waals surface area contributed by atoms with Crippen LogP contribution in [0.5, 0.6) is 5.75 Å². The van der Waals surface area contributed by atoms with Gasteiger partial charge in [0, 0.05) is 30.9 Å². The zero-order valence-electron chi connectivity index (χ0n) is 11.5. The summed E-state index contributed by atoms with van der Waals surface area (Å²) in [6, 6.07) is 7.50. The molecule has 4 nitrogen and oxygen atoms in total. The summed E-state index contributed by atoms with van der Waals surface area (Å²) in [4.78, 5) is 11.3. The molecule has 0 bridgehead atoms. The molecule has 0 unspecified atom stereocenters. The average molecular weight is 258 g/mol. The molecule has 0 aliphatic rings. The second-order valence-corrected chi connectivity index (χ2v) is 4.58. The number of aromatic nitrogens is 2. The lowest BCUT2D eigenvalue weighted by Gasteiger charge is -2.10. The van der Waals surface area contributed by atoms with E-state index in [9.17, 15) is 4.79 Å². The molecule has 0 aliphatic carbocycles. The molecular weight excluding hydrogens is 240 g/mol. The van der Waals surface area contributed by atoms with Crippen LogP contribution in [0.4, 0.5) is 0 Å². The van der Waals surface area contributed by atoms with Crippen molar-refractivity contribution >= 4 is 5.78 Å². The number of aryl methyl sites for hydroxylation is 2. The van der Waals surface area contributed by atoms with Gasteiger partial charge in [-0.15, -0.1) is 0 Å². The highest BCUT2D eigenvalue weighted by Crippen LogP contribution is 2.19. The summed E-state index contributed by atoms with van der Waals surface area (Å²) in [5, 5.41) is 4.11. The molecule has 4 heteroatoms. The number of rotatable bonds is 5. The third-order valence-corrected chi connectivity index (χ3v) is 3.12. The van der Waals surface area contributed by atoms with Gasteiger partial charge in [0.2, 0.25) is 0 Å². The van der Waals surface area contributed by atoms with Crippen LogP contribution in [0, 0.1) is 6.92 Å². The monoisotopic (exact) mass is 258 g/mol. The number of hydrogen-bond donors (Lipinski definition) is 0. The van der Waals surface area contributed by atoms with Gasteiger partial charge in [-0.1, -0.05) is 0 Å². The van der Waals surface area contributed by atoms with Gasteiger partial charge in [-0.3, -0.25) is 9.48 Å². The third kappa shape index (κ3) is 3.22. The molecule has 0 amide bonds. The number of carbonyl (C=O) groups is 1. The van der Waals surface area contributed by atoms with Crippen molar-refractivity contribution in [2.45, 2.75) is 20.3 Å². The summed E-state index contributed by atoms with van der Waals surface area (Å²) in [5.41, 5.74) is 2.84. The maximum Gasteiger partial charge on any atom is 0.159 e. The first-order chi connectivity index (χ1) is 9.08. The van der Waals surface area contributed by atoms with Gasteiger partial charge in [-0.25, -0.2) is 0 Å². The number of carbonyl (C=O) groups excluding carboxylic acids is 1. The molecule has 2 aromatic rings. The third-order valence-electron chi connectivity index (χ3n) is 3.12. The summed E-state index contributed by atoms with van der Waals surface area (Å²) in [7, 11) is 1.92. The van der Waals surface area contributed by atoms with E-state index in [0.717, 1.165) is 29.0 Å². The second kappa shape index (κ2) is 5.69. The number of ketones is 1. The average Bonchev–Trinajstić information content (AvgIpc) is 2.77. The van der Waals surface area contributed by atoms with Crippen molar-refractivity contribution in [1.29, 1.82) is 0 Å². The van der Waals surface area contributed by atoms with Crippen LogP contribution in [0.1, 0.15) is 28.5 Å². The molecule has 0 radical (unpaired) electrons. The Morgan fingerprint density at radius 2 is 2.16 bits per heavy atom. The highest BCUT2D eigenvalue weighted by Gasteiger charge is 2.05. The van der Waals surface area contributed by atoms with Gasteiger partial charge in [-0.2, -0.15) is 5.10 Å². The summed E-state index contributed by atoms with van der Waals surface area (Å²) in [5.74, 6) is 0.900. The number of nitrogens with zero attached hydrogens (tertiary/aromatic N) is 2. The van der Waals surface area contributed by atoms with E-state index in [4.69, 9.17) is 4.74 Å². The van der Waals surface area contributed by atoms with Crippen molar-refractivity contribution in [3.8, 4) is 5.75 Å². The quantitative estimate of drug-likeness (QED) is 0.774. The fraction of sp³-hybridized carbons (Fsp3) is 0.333. The second-order valence-electron chi connectivity index (χ2n) is 4.58. The molecule has 0 aliphatic heterocycles. The van der Waals surface area contributed by atoms with Crippen molar-refractivity contribution in [3.05, 3.63) is 47.3 Å². The molecule has 2 rings (SSSR count). The zero-order valence-corrected chi connectivity index (χ0v) is 11.5. The molecule has 0 N–H and O–H groups in total. The molecule has 0 spiro atoms. The van der Waals surface area contributed by atoms with Crippen LogP contribution in [0.25, 0.3) is 0 Å². The van der Waals surface area contributed by atoms with Gasteiger partial charge >= 0.3 is 0 Å². The molecule has 0 atom stereocenters. The topological polar surface area (TPSA) is 44.1 Å². The van der Waals surface area contributed by atoms with Crippen molar-refractivity contribution in [3.63, 3.8) is 0 Å². The molecule has 1 heterocycles. The van der Waals surface area contributed by atoms with Crippen LogP contribution < -0.4 is 4.74 Å². The minimum atomic E-state index is 0.0736. The number of ether oxygens (including phenoxy) is 1. The predicted molar refractivity (Wildman–Crippen MR) is 73.6 cm³/mol. The van der Waals surface area contributed by atoms with Gasteiger partial charge < -0.3 is 4.74 Å². The van der Waals surface area contributed by atoms with Crippen molar-refractivity contribution in [2.24, 2.45) is 7.05 Å². The first-order valence-electron chi connectivity index (χ1n) is 6.29. The number of benzene rings is 1. The van der Waals surface area contributed by atoms with E-state index in [2.05, 4.69) is 5.10 Å². The standard InChI is InChI=1S/C15H18N2O2/c1-11-10-13(12(2)18)4-5-15(11)19-9-7-14-6-8-16-17(14)3/h4-6,8,10H,7,9H2,1-3H3. The lowest BCUT2D eigenvalue weighted by molar-refractivity contribution is 0.101. The van der Waals surface area contributed by atoms with Crippen LogP contribution in [-0.2, 0) is 13.5 Å². The Morgan fingerprint density at radius 1 is 1.37 bits per heavy atom. The van der Waals surface area contributed by atoms with Crippen LogP contribution in [0.2, 0.25) is 0 Å². The summed E-state index contributed by atoms with van der Waals surface area (Å²) in [6.07, 6.45) is 2.59. The van der Waals surface area contributed by atoms with Crippen molar-refractivity contribution in [1.82, 2.24) is 9.78 Å². The molecule has 100 valence electrons. The van der Waals surface area contributed by atoms with E-state index < -0.39 is 0 Å². The van der Waals surface area contributed by atoms with Crippen molar-refractivity contribution in [2.75, 3.05) is 6.61 Å². The normalized spacial score (nSPS) is 10.5. The molecule has 0 saturated heterocycles. The Morgan fingerprint density at radius 3 is 2.74 bits per heavy atom. The smallest absolute Gasteiger partial charge is 0.159 e. The van der Waals surface area contributed by atoms with E-state index in [0.29, 0.717) is 6.61 Å². The van der Waals surface area contributed by atoms with Crippen LogP contribution in [-0.4, -0.2) is 22.2 Å². The predicted octanol–water partition coefficient (Wildman–Crippen LogP) is 2.55. The van der Waals surface area contributed by atoms with Crippen molar-refractivity contribution < 1.29 is 9.53 Å². The Kier molecular flexibility index (Phi) is 4.00. The van der Waals surface area contributed by atoms with Gasteiger partial charge in [-0.05, 0) is 43.7 Å². The first-order valence-corrected chi connectivity index (χ1v) is 6.29. The van der Waals surface area contributed by atoms with E-state index >= 15 is 0 Å². The molecule has 19 heavy (non-hydrogen) atoms. The molecule has 0 fully saturated rings. The maximum absolute atomic E-state index is 11.3. The Balaban J connectivity index is 1.96. The fourth-order valence-corrected chi connectivity index (χ4v) is 1.94. The highest BCUT2D eigenvalue weighted by molar-refractivity contribution is 5.94. The lowest BCUT2D eigenvalue weighted by Crippen LogP contribution is -2.07. The maximum atomic E-state index is 11.3. The zero-order chi connectivity index (χ0) is 13.8. The Labute approximate surface area is 113 Å².